The lowest BCUT2D eigenvalue weighted by Crippen LogP contribution is -2.45. The number of aliphatic carboxylic acids is 1. The van der Waals surface area contributed by atoms with Crippen molar-refractivity contribution < 1.29 is 9.90 Å². The predicted octanol–water partition coefficient (Wildman–Crippen LogP) is 4.50. The van der Waals surface area contributed by atoms with Crippen LogP contribution in [0.3, 0.4) is 0 Å². The second kappa shape index (κ2) is 7.70. The van der Waals surface area contributed by atoms with Gasteiger partial charge in [-0.3, -0.25) is 9.69 Å². The SMILES string of the molecule is O=C(O)[C@H]1CCN(Cc2ccc(C3CN(c4c(Cl)cccc4Cl)C3)cc2)C1. The molecule has 4 rings (SSSR count). The average molecular weight is 405 g/mol. The molecule has 1 atom stereocenters. The summed E-state index contributed by atoms with van der Waals surface area (Å²) in [6, 6.07) is 14.3. The normalized spacial score (nSPS) is 20.7. The molecule has 1 N–H and O–H groups in total. The summed E-state index contributed by atoms with van der Waals surface area (Å²) >= 11 is 12.6. The zero-order valence-electron chi connectivity index (χ0n) is 14.9. The summed E-state index contributed by atoms with van der Waals surface area (Å²) in [5.74, 6) is -0.419. The molecule has 0 saturated carbocycles. The summed E-state index contributed by atoms with van der Waals surface area (Å²) in [6.45, 7) is 4.14. The minimum absolute atomic E-state index is 0.220. The maximum absolute atomic E-state index is 11.1. The van der Waals surface area contributed by atoms with Gasteiger partial charge in [-0.05, 0) is 36.2 Å². The molecule has 2 aromatic carbocycles. The van der Waals surface area contributed by atoms with Gasteiger partial charge in [0.25, 0.3) is 0 Å². The Labute approximate surface area is 169 Å². The fourth-order valence-corrected chi connectivity index (χ4v) is 4.63. The van der Waals surface area contributed by atoms with E-state index in [2.05, 4.69) is 34.1 Å². The molecule has 2 aliphatic rings. The van der Waals surface area contributed by atoms with Crippen molar-refractivity contribution in [3.05, 3.63) is 63.6 Å². The van der Waals surface area contributed by atoms with E-state index in [-0.39, 0.29) is 5.92 Å². The summed E-state index contributed by atoms with van der Waals surface area (Å²) in [5.41, 5.74) is 3.48. The molecule has 0 aromatic heterocycles. The summed E-state index contributed by atoms with van der Waals surface area (Å²) in [6.07, 6.45) is 0.746. The van der Waals surface area contributed by atoms with E-state index < -0.39 is 5.97 Å². The number of para-hydroxylation sites is 1. The molecular weight excluding hydrogens is 383 g/mol. The Hall–Kier alpha value is -1.75. The molecule has 0 radical (unpaired) electrons. The molecule has 2 aliphatic heterocycles. The smallest absolute Gasteiger partial charge is 0.307 e. The van der Waals surface area contributed by atoms with Crippen LogP contribution >= 0.6 is 23.2 Å². The van der Waals surface area contributed by atoms with Crippen molar-refractivity contribution in [2.75, 3.05) is 31.1 Å². The number of carboxylic acid groups (broad SMARTS) is 1. The highest BCUT2D eigenvalue weighted by molar-refractivity contribution is 6.39. The highest BCUT2D eigenvalue weighted by atomic mass is 35.5. The van der Waals surface area contributed by atoms with Gasteiger partial charge < -0.3 is 10.0 Å². The molecule has 6 heteroatoms. The molecule has 2 aromatic rings. The molecule has 0 spiro atoms. The molecule has 142 valence electrons. The van der Waals surface area contributed by atoms with Crippen LogP contribution in [0, 0.1) is 5.92 Å². The van der Waals surface area contributed by atoms with Crippen LogP contribution in [-0.2, 0) is 11.3 Å². The van der Waals surface area contributed by atoms with Crippen LogP contribution in [0.2, 0.25) is 10.0 Å². The maximum Gasteiger partial charge on any atom is 0.307 e. The molecule has 27 heavy (non-hydrogen) atoms. The summed E-state index contributed by atoms with van der Waals surface area (Å²) in [7, 11) is 0. The molecule has 4 nitrogen and oxygen atoms in total. The second-order valence-corrected chi connectivity index (χ2v) is 8.29. The molecule has 0 aliphatic carbocycles. The lowest BCUT2D eigenvalue weighted by molar-refractivity contribution is -0.141. The van der Waals surface area contributed by atoms with Gasteiger partial charge in [0.15, 0.2) is 0 Å². The predicted molar refractivity (Wildman–Crippen MR) is 109 cm³/mol. The van der Waals surface area contributed by atoms with E-state index >= 15 is 0 Å². The lowest BCUT2D eigenvalue weighted by Gasteiger charge is -2.42. The van der Waals surface area contributed by atoms with Crippen LogP contribution in [0.1, 0.15) is 23.5 Å². The molecule has 2 heterocycles. The summed E-state index contributed by atoms with van der Waals surface area (Å²) < 4.78 is 0. The number of rotatable bonds is 5. The van der Waals surface area contributed by atoms with Crippen molar-refractivity contribution in [3.8, 4) is 0 Å². The third-order valence-electron chi connectivity index (χ3n) is 5.61. The first-order chi connectivity index (χ1) is 13.0. The highest BCUT2D eigenvalue weighted by Gasteiger charge is 2.31. The molecule has 0 unspecified atom stereocenters. The highest BCUT2D eigenvalue weighted by Crippen LogP contribution is 2.40. The van der Waals surface area contributed by atoms with Crippen LogP contribution < -0.4 is 4.90 Å². The van der Waals surface area contributed by atoms with Crippen LogP contribution in [0.4, 0.5) is 5.69 Å². The minimum Gasteiger partial charge on any atom is -0.481 e. The molecule has 2 fully saturated rings. The van der Waals surface area contributed by atoms with Crippen molar-refractivity contribution >= 4 is 34.9 Å². The number of carbonyl (C=O) groups is 1. The first-order valence-electron chi connectivity index (χ1n) is 9.24. The van der Waals surface area contributed by atoms with Crippen molar-refractivity contribution in [2.24, 2.45) is 5.92 Å². The van der Waals surface area contributed by atoms with E-state index in [1.54, 1.807) is 0 Å². The number of benzene rings is 2. The minimum atomic E-state index is -0.680. The Kier molecular flexibility index (Phi) is 5.31. The van der Waals surface area contributed by atoms with Gasteiger partial charge >= 0.3 is 5.97 Å². The number of nitrogens with zero attached hydrogens (tertiary/aromatic N) is 2. The van der Waals surface area contributed by atoms with Crippen molar-refractivity contribution in [2.45, 2.75) is 18.9 Å². The fraction of sp³-hybridized carbons (Fsp3) is 0.381. The standard InChI is InChI=1S/C21H22Cl2N2O2/c22-18-2-1-3-19(23)20(18)25-12-17(13-25)15-6-4-14(5-7-15)10-24-9-8-16(11-24)21(26)27/h1-7,16-17H,8-13H2,(H,26,27)/t16-/m0/s1. The lowest BCUT2D eigenvalue weighted by atomic mass is 9.90. The van der Waals surface area contributed by atoms with Gasteiger partial charge in [-0.2, -0.15) is 0 Å². The summed E-state index contributed by atoms with van der Waals surface area (Å²) in [5, 5.41) is 10.5. The van der Waals surface area contributed by atoms with Gasteiger partial charge in [-0.25, -0.2) is 0 Å². The average Bonchev–Trinajstić information content (AvgIpc) is 3.06. The number of halogens is 2. The summed E-state index contributed by atoms with van der Waals surface area (Å²) in [4.78, 5) is 15.5. The number of hydrogen-bond donors (Lipinski definition) is 1. The number of hydrogen-bond acceptors (Lipinski definition) is 3. The van der Waals surface area contributed by atoms with E-state index in [1.165, 1.54) is 11.1 Å². The number of likely N-dealkylation sites (tertiary alicyclic amines) is 1. The van der Waals surface area contributed by atoms with Crippen LogP contribution in [0.15, 0.2) is 42.5 Å². The zero-order valence-corrected chi connectivity index (χ0v) is 16.5. The molecule has 2 saturated heterocycles. The second-order valence-electron chi connectivity index (χ2n) is 7.47. The zero-order chi connectivity index (χ0) is 19.0. The first kappa shape index (κ1) is 18.6. The number of anilines is 1. The van der Waals surface area contributed by atoms with Gasteiger partial charge in [0.2, 0.25) is 0 Å². The van der Waals surface area contributed by atoms with Gasteiger partial charge in [-0.1, -0.05) is 53.5 Å². The number of carboxylic acids is 1. The Balaban J connectivity index is 1.34. The third-order valence-corrected chi connectivity index (χ3v) is 6.22. The van der Waals surface area contributed by atoms with E-state index in [0.29, 0.717) is 22.5 Å². The Morgan fingerprint density at radius 2 is 1.70 bits per heavy atom. The van der Waals surface area contributed by atoms with Crippen LogP contribution in [0.25, 0.3) is 0 Å². The van der Waals surface area contributed by atoms with Crippen molar-refractivity contribution in [3.63, 3.8) is 0 Å². The Morgan fingerprint density at radius 1 is 1.04 bits per heavy atom. The van der Waals surface area contributed by atoms with Gasteiger partial charge in [0.05, 0.1) is 21.7 Å². The van der Waals surface area contributed by atoms with E-state index in [0.717, 1.165) is 38.3 Å². The first-order valence-corrected chi connectivity index (χ1v) is 10.00. The molecular formula is C21H22Cl2N2O2. The van der Waals surface area contributed by atoms with Gasteiger partial charge in [-0.15, -0.1) is 0 Å². The van der Waals surface area contributed by atoms with Crippen LogP contribution in [-0.4, -0.2) is 42.2 Å². The topological polar surface area (TPSA) is 43.8 Å². The third kappa shape index (κ3) is 3.93. The van der Waals surface area contributed by atoms with Gasteiger partial charge in [0, 0.05) is 32.1 Å². The van der Waals surface area contributed by atoms with Gasteiger partial charge in [0.1, 0.15) is 0 Å². The monoisotopic (exact) mass is 404 g/mol. The maximum atomic E-state index is 11.1. The van der Waals surface area contributed by atoms with E-state index in [1.807, 2.05) is 18.2 Å². The van der Waals surface area contributed by atoms with E-state index in [9.17, 15) is 4.79 Å². The van der Waals surface area contributed by atoms with Crippen molar-refractivity contribution in [1.82, 2.24) is 4.90 Å². The Bertz CT molecular complexity index is 814. The largest absolute Gasteiger partial charge is 0.481 e. The van der Waals surface area contributed by atoms with E-state index in [4.69, 9.17) is 28.3 Å². The Morgan fingerprint density at radius 3 is 2.30 bits per heavy atom. The fourth-order valence-electron chi connectivity index (χ4n) is 3.99. The molecule has 0 amide bonds. The van der Waals surface area contributed by atoms with Crippen molar-refractivity contribution in [1.29, 1.82) is 0 Å². The van der Waals surface area contributed by atoms with Crippen LogP contribution in [0.5, 0.6) is 0 Å². The molecule has 0 bridgehead atoms. The quantitative estimate of drug-likeness (QED) is 0.796.